The minimum Gasteiger partial charge on any atom is -0.476 e. The van der Waals surface area contributed by atoms with E-state index in [2.05, 4.69) is 15.3 Å². The Balaban J connectivity index is 1.47. The van der Waals surface area contributed by atoms with Crippen LogP contribution in [0.1, 0.15) is 73.5 Å². The number of primary amides is 1. The number of hydrogen-bond acceptors (Lipinski definition) is 5. The van der Waals surface area contributed by atoms with E-state index < -0.39 is 0 Å². The normalized spacial score (nSPS) is 25.5. The van der Waals surface area contributed by atoms with Crippen molar-refractivity contribution in [2.24, 2.45) is 17.6 Å². The highest BCUT2D eigenvalue weighted by Gasteiger charge is 2.33. The van der Waals surface area contributed by atoms with Crippen LogP contribution in [0, 0.1) is 11.8 Å². The van der Waals surface area contributed by atoms with Gasteiger partial charge in [-0.05, 0) is 44.4 Å². The Kier molecular flexibility index (Phi) is 4.78. The van der Waals surface area contributed by atoms with Gasteiger partial charge in [0.15, 0.2) is 0 Å². The number of amides is 2. The zero-order valence-corrected chi connectivity index (χ0v) is 14.9. The van der Waals surface area contributed by atoms with Gasteiger partial charge in [0.05, 0.1) is 18.7 Å². The molecule has 2 amide bonds. The maximum absolute atomic E-state index is 12.7. The molecule has 1 aromatic rings. The number of nitrogens with one attached hydrogen (secondary N) is 1. The molecule has 0 bridgehead atoms. The molecule has 3 aliphatic carbocycles. The van der Waals surface area contributed by atoms with Gasteiger partial charge < -0.3 is 15.8 Å². The van der Waals surface area contributed by atoms with Crippen molar-refractivity contribution in [1.82, 2.24) is 15.3 Å². The van der Waals surface area contributed by atoms with Crippen LogP contribution in [-0.2, 0) is 4.79 Å². The summed E-state index contributed by atoms with van der Waals surface area (Å²) in [6.45, 7) is 0.645. The molecule has 7 heteroatoms. The lowest BCUT2D eigenvalue weighted by atomic mass is 9.84. The van der Waals surface area contributed by atoms with Gasteiger partial charge in [0.2, 0.25) is 11.8 Å². The van der Waals surface area contributed by atoms with Gasteiger partial charge in [0, 0.05) is 12.0 Å². The van der Waals surface area contributed by atoms with Crippen LogP contribution in [-0.4, -0.2) is 34.4 Å². The van der Waals surface area contributed by atoms with Gasteiger partial charge in [-0.3, -0.25) is 14.6 Å². The first kappa shape index (κ1) is 17.2. The molecule has 3 saturated carbocycles. The summed E-state index contributed by atoms with van der Waals surface area (Å²) in [6, 6.07) is -0.227. The van der Waals surface area contributed by atoms with Crippen molar-refractivity contribution in [2.75, 3.05) is 6.61 Å². The van der Waals surface area contributed by atoms with Crippen LogP contribution in [0.25, 0.3) is 0 Å². The Hall–Kier alpha value is -2.18. The van der Waals surface area contributed by atoms with Gasteiger partial charge in [0.25, 0.3) is 5.91 Å². The van der Waals surface area contributed by atoms with E-state index in [1.54, 1.807) is 0 Å². The molecule has 0 aliphatic heterocycles. The second-order valence-electron chi connectivity index (χ2n) is 7.85. The Labute approximate surface area is 153 Å². The molecule has 4 rings (SSSR count). The lowest BCUT2D eigenvalue weighted by molar-refractivity contribution is -0.123. The molecule has 0 unspecified atom stereocenters. The van der Waals surface area contributed by atoms with E-state index in [0.29, 0.717) is 24.3 Å². The van der Waals surface area contributed by atoms with Crippen LogP contribution < -0.4 is 15.8 Å². The standard InChI is InChI=1S/C19H26N4O3/c20-17(24)13-3-1-2-4-14(13)22-18(25)15-9-21-16(12-7-8-12)19(23-15)26-10-11-5-6-11/h9,11-14H,1-8,10H2,(H2,20,24)(H,22,25)/t13-,14+/m1/s1. The Morgan fingerprint density at radius 1 is 1.15 bits per heavy atom. The molecule has 0 spiro atoms. The summed E-state index contributed by atoms with van der Waals surface area (Å²) < 4.78 is 5.87. The first-order chi connectivity index (χ1) is 12.6. The van der Waals surface area contributed by atoms with Crippen molar-refractivity contribution < 1.29 is 14.3 Å². The molecule has 1 heterocycles. The highest BCUT2D eigenvalue weighted by molar-refractivity contribution is 5.93. The van der Waals surface area contributed by atoms with Gasteiger partial charge in [-0.1, -0.05) is 12.8 Å². The van der Waals surface area contributed by atoms with Gasteiger partial charge >= 0.3 is 0 Å². The quantitative estimate of drug-likeness (QED) is 0.774. The topological polar surface area (TPSA) is 107 Å². The SMILES string of the molecule is NC(=O)[C@@H]1CCCC[C@@H]1NC(=O)c1cnc(C2CC2)c(OCC2CC2)n1. The smallest absolute Gasteiger partial charge is 0.271 e. The maximum atomic E-state index is 12.7. The van der Waals surface area contributed by atoms with Gasteiger partial charge in [0.1, 0.15) is 11.4 Å². The van der Waals surface area contributed by atoms with E-state index in [0.717, 1.165) is 44.2 Å². The van der Waals surface area contributed by atoms with Crippen LogP contribution >= 0.6 is 0 Å². The number of hydrogen-bond donors (Lipinski definition) is 2. The summed E-state index contributed by atoms with van der Waals surface area (Å²) in [4.78, 5) is 33.2. The average Bonchev–Trinajstić information content (AvgIpc) is 3.54. The van der Waals surface area contributed by atoms with E-state index in [1.165, 1.54) is 19.0 Å². The largest absolute Gasteiger partial charge is 0.476 e. The monoisotopic (exact) mass is 358 g/mol. The third-order valence-electron chi connectivity index (χ3n) is 5.56. The molecule has 26 heavy (non-hydrogen) atoms. The molecule has 0 aromatic carbocycles. The van der Waals surface area contributed by atoms with Crippen molar-refractivity contribution in [1.29, 1.82) is 0 Å². The van der Waals surface area contributed by atoms with Crippen LogP contribution in [0.4, 0.5) is 0 Å². The molecular formula is C19H26N4O3. The van der Waals surface area contributed by atoms with Crippen LogP contribution in [0.15, 0.2) is 6.20 Å². The molecule has 2 atom stereocenters. The summed E-state index contributed by atoms with van der Waals surface area (Å²) in [5.41, 5.74) is 6.61. The molecular weight excluding hydrogens is 332 g/mol. The number of ether oxygens (including phenoxy) is 1. The van der Waals surface area contributed by atoms with E-state index in [1.807, 2.05) is 0 Å². The summed E-state index contributed by atoms with van der Waals surface area (Å²) in [5.74, 6) is 0.554. The number of aromatic nitrogens is 2. The zero-order valence-electron chi connectivity index (χ0n) is 14.9. The third-order valence-corrected chi connectivity index (χ3v) is 5.56. The molecule has 3 fully saturated rings. The number of nitrogens with two attached hydrogens (primary N) is 1. The fourth-order valence-corrected chi connectivity index (χ4v) is 3.60. The number of nitrogens with zero attached hydrogens (tertiary/aromatic N) is 2. The lowest BCUT2D eigenvalue weighted by Gasteiger charge is -2.29. The second-order valence-corrected chi connectivity index (χ2v) is 7.85. The minimum absolute atomic E-state index is 0.227. The fourth-order valence-electron chi connectivity index (χ4n) is 3.60. The molecule has 3 N–H and O–H groups in total. The average molecular weight is 358 g/mol. The summed E-state index contributed by atoms with van der Waals surface area (Å²) >= 11 is 0. The highest BCUT2D eigenvalue weighted by atomic mass is 16.5. The lowest BCUT2D eigenvalue weighted by Crippen LogP contribution is -2.47. The number of carbonyl (C=O) groups excluding carboxylic acids is 2. The Morgan fingerprint density at radius 2 is 1.92 bits per heavy atom. The molecule has 7 nitrogen and oxygen atoms in total. The van der Waals surface area contributed by atoms with E-state index in [-0.39, 0.29) is 29.5 Å². The maximum Gasteiger partial charge on any atom is 0.271 e. The summed E-state index contributed by atoms with van der Waals surface area (Å²) in [5, 5.41) is 2.94. The first-order valence-corrected chi connectivity index (χ1v) is 9.71. The van der Waals surface area contributed by atoms with Crippen molar-refractivity contribution in [3.63, 3.8) is 0 Å². The van der Waals surface area contributed by atoms with Crippen molar-refractivity contribution >= 4 is 11.8 Å². The predicted octanol–water partition coefficient (Wildman–Crippen LogP) is 1.92. The van der Waals surface area contributed by atoms with Gasteiger partial charge in [-0.25, -0.2) is 4.98 Å². The van der Waals surface area contributed by atoms with Crippen LogP contribution in [0.2, 0.25) is 0 Å². The fraction of sp³-hybridized carbons (Fsp3) is 0.684. The predicted molar refractivity (Wildman–Crippen MR) is 94.6 cm³/mol. The zero-order chi connectivity index (χ0) is 18.1. The van der Waals surface area contributed by atoms with Crippen molar-refractivity contribution in [3.8, 4) is 5.88 Å². The van der Waals surface area contributed by atoms with E-state index >= 15 is 0 Å². The Bertz CT molecular complexity index is 700. The van der Waals surface area contributed by atoms with Crippen LogP contribution in [0.5, 0.6) is 5.88 Å². The van der Waals surface area contributed by atoms with Crippen molar-refractivity contribution in [2.45, 2.75) is 63.3 Å². The number of carbonyl (C=O) groups is 2. The molecule has 3 aliphatic rings. The second kappa shape index (κ2) is 7.21. The third kappa shape index (κ3) is 3.97. The number of rotatable bonds is 7. The van der Waals surface area contributed by atoms with Crippen LogP contribution in [0.3, 0.4) is 0 Å². The first-order valence-electron chi connectivity index (χ1n) is 9.71. The minimum atomic E-state index is -0.348. The molecule has 140 valence electrons. The van der Waals surface area contributed by atoms with Gasteiger partial charge in [-0.15, -0.1) is 0 Å². The summed E-state index contributed by atoms with van der Waals surface area (Å²) in [6.07, 6.45) is 9.55. The molecule has 0 saturated heterocycles. The molecule has 1 aromatic heterocycles. The van der Waals surface area contributed by atoms with Gasteiger partial charge in [-0.2, -0.15) is 0 Å². The molecule has 0 radical (unpaired) electrons. The van der Waals surface area contributed by atoms with E-state index in [4.69, 9.17) is 10.5 Å². The van der Waals surface area contributed by atoms with E-state index in [9.17, 15) is 9.59 Å². The Morgan fingerprint density at radius 3 is 2.62 bits per heavy atom. The summed E-state index contributed by atoms with van der Waals surface area (Å²) in [7, 11) is 0. The highest BCUT2D eigenvalue weighted by Crippen LogP contribution is 2.42. The van der Waals surface area contributed by atoms with Crippen molar-refractivity contribution in [3.05, 3.63) is 17.6 Å².